The van der Waals surface area contributed by atoms with Gasteiger partial charge in [0.2, 0.25) is 0 Å². The summed E-state index contributed by atoms with van der Waals surface area (Å²) in [6.07, 6.45) is -1.55. The highest BCUT2D eigenvalue weighted by Gasteiger charge is 2.31. The molecule has 32 heavy (non-hydrogen) atoms. The number of nitrogens with one attached hydrogen (secondary N) is 1. The number of hydrogen-bond donors (Lipinski definition) is 2. The Bertz CT molecular complexity index is 1090. The number of hydrogen-bond acceptors (Lipinski definition) is 6. The SMILES string of the molecule is O=C(Nc1ccc(OC(F)(F)F)cc1)c1cnc(N2CCC(O)C2)c(-c2ccccn2)c1. The molecule has 0 saturated carbocycles. The molecule has 1 amide bonds. The smallest absolute Gasteiger partial charge is 0.406 e. The van der Waals surface area contributed by atoms with Crippen LogP contribution in [0.2, 0.25) is 0 Å². The Labute approximate surface area is 181 Å². The minimum atomic E-state index is -4.79. The summed E-state index contributed by atoms with van der Waals surface area (Å²) in [6, 6.07) is 11.9. The van der Waals surface area contributed by atoms with E-state index in [1.54, 1.807) is 24.4 Å². The third-order valence-electron chi connectivity index (χ3n) is 4.88. The third kappa shape index (κ3) is 5.14. The standard InChI is InChI=1S/C22H19F3N4O3/c23-22(24,25)32-17-6-4-15(5-7-17)28-21(31)14-11-18(19-3-1-2-9-26-19)20(27-12-14)29-10-8-16(30)13-29/h1-7,9,11-12,16,30H,8,10,13H2,(H,28,31). The quantitative estimate of drug-likeness (QED) is 0.621. The molecule has 0 spiro atoms. The number of nitrogens with zero attached hydrogens (tertiary/aromatic N) is 3. The molecule has 10 heteroatoms. The highest BCUT2D eigenvalue weighted by molar-refractivity contribution is 6.05. The van der Waals surface area contributed by atoms with Gasteiger partial charge in [-0.25, -0.2) is 4.98 Å². The summed E-state index contributed by atoms with van der Waals surface area (Å²) in [6.45, 7) is 1.07. The van der Waals surface area contributed by atoms with Crippen molar-refractivity contribution in [1.82, 2.24) is 9.97 Å². The van der Waals surface area contributed by atoms with Gasteiger partial charge in [-0.3, -0.25) is 9.78 Å². The summed E-state index contributed by atoms with van der Waals surface area (Å²) >= 11 is 0. The first kappa shape index (κ1) is 21.6. The fourth-order valence-corrected chi connectivity index (χ4v) is 3.42. The van der Waals surface area contributed by atoms with Crippen LogP contribution in [-0.4, -0.2) is 46.5 Å². The Hall–Kier alpha value is -3.66. The molecule has 0 aliphatic carbocycles. The lowest BCUT2D eigenvalue weighted by molar-refractivity contribution is -0.274. The number of benzene rings is 1. The van der Waals surface area contributed by atoms with Crippen molar-refractivity contribution in [2.45, 2.75) is 18.9 Å². The van der Waals surface area contributed by atoms with Crippen molar-refractivity contribution in [3.05, 3.63) is 66.5 Å². The molecule has 2 aromatic heterocycles. The van der Waals surface area contributed by atoms with Crippen LogP contribution in [0.15, 0.2) is 60.9 Å². The van der Waals surface area contributed by atoms with E-state index < -0.39 is 18.4 Å². The van der Waals surface area contributed by atoms with Crippen LogP contribution in [-0.2, 0) is 0 Å². The van der Waals surface area contributed by atoms with E-state index in [2.05, 4.69) is 20.0 Å². The number of anilines is 2. The predicted octanol–water partition coefficient (Wildman–Crippen LogP) is 3.87. The lowest BCUT2D eigenvalue weighted by Crippen LogP contribution is -2.23. The Kier molecular flexibility index (Phi) is 5.95. The van der Waals surface area contributed by atoms with Gasteiger partial charge in [0.1, 0.15) is 11.6 Å². The molecular formula is C22H19F3N4O3. The molecule has 166 valence electrons. The normalized spacial score (nSPS) is 16.1. The van der Waals surface area contributed by atoms with Crippen LogP contribution >= 0.6 is 0 Å². The lowest BCUT2D eigenvalue weighted by Gasteiger charge is -2.20. The van der Waals surface area contributed by atoms with Crippen LogP contribution in [0.3, 0.4) is 0 Å². The zero-order valence-electron chi connectivity index (χ0n) is 16.7. The maximum absolute atomic E-state index is 12.8. The fourth-order valence-electron chi connectivity index (χ4n) is 3.42. The van der Waals surface area contributed by atoms with E-state index in [4.69, 9.17) is 0 Å². The van der Waals surface area contributed by atoms with Gasteiger partial charge in [-0.2, -0.15) is 0 Å². The number of rotatable bonds is 5. The van der Waals surface area contributed by atoms with Crippen molar-refractivity contribution >= 4 is 17.4 Å². The van der Waals surface area contributed by atoms with Gasteiger partial charge in [-0.05, 0) is 48.9 Å². The number of halogens is 3. The van der Waals surface area contributed by atoms with Gasteiger partial charge < -0.3 is 20.1 Å². The second-order valence-electron chi connectivity index (χ2n) is 7.22. The van der Waals surface area contributed by atoms with Gasteiger partial charge in [-0.15, -0.1) is 13.2 Å². The number of amides is 1. The second kappa shape index (κ2) is 8.83. The van der Waals surface area contributed by atoms with Crippen LogP contribution in [0, 0.1) is 0 Å². The monoisotopic (exact) mass is 444 g/mol. The minimum Gasteiger partial charge on any atom is -0.406 e. The Morgan fingerprint density at radius 2 is 1.94 bits per heavy atom. The first-order chi connectivity index (χ1) is 15.3. The zero-order valence-corrected chi connectivity index (χ0v) is 16.7. The number of ether oxygens (including phenoxy) is 1. The zero-order chi connectivity index (χ0) is 22.7. The third-order valence-corrected chi connectivity index (χ3v) is 4.88. The second-order valence-corrected chi connectivity index (χ2v) is 7.22. The Morgan fingerprint density at radius 1 is 1.16 bits per heavy atom. The van der Waals surface area contributed by atoms with Crippen molar-refractivity contribution in [3.63, 3.8) is 0 Å². The van der Waals surface area contributed by atoms with Gasteiger partial charge in [0.15, 0.2) is 0 Å². The molecule has 4 rings (SSSR count). The highest BCUT2D eigenvalue weighted by Crippen LogP contribution is 2.31. The summed E-state index contributed by atoms with van der Waals surface area (Å²) in [7, 11) is 0. The predicted molar refractivity (Wildman–Crippen MR) is 111 cm³/mol. The van der Waals surface area contributed by atoms with E-state index in [1.807, 2.05) is 11.0 Å². The number of aliphatic hydroxyl groups is 1. The Balaban J connectivity index is 1.57. The summed E-state index contributed by atoms with van der Waals surface area (Å²) < 4.78 is 40.7. The number of alkyl halides is 3. The van der Waals surface area contributed by atoms with Gasteiger partial charge in [0, 0.05) is 36.7 Å². The molecule has 2 N–H and O–H groups in total. The molecule has 1 saturated heterocycles. The van der Waals surface area contributed by atoms with E-state index in [0.717, 1.165) is 12.1 Å². The molecule has 1 fully saturated rings. The van der Waals surface area contributed by atoms with E-state index in [0.29, 0.717) is 42.3 Å². The van der Waals surface area contributed by atoms with Gasteiger partial charge >= 0.3 is 6.36 Å². The van der Waals surface area contributed by atoms with Crippen LogP contribution in [0.1, 0.15) is 16.8 Å². The average Bonchev–Trinajstić information content (AvgIpc) is 3.20. The van der Waals surface area contributed by atoms with Gasteiger partial charge in [0.05, 0.1) is 17.4 Å². The summed E-state index contributed by atoms with van der Waals surface area (Å²) in [5.74, 6) is -0.246. The maximum atomic E-state index is 12.8. The first-order valence-corrected chi connectivity index (χ1v) is 9.80. The van der Waals surface area contributed by atoms with Crippen molar-refractivity contribution in [2.75, 3.05) is 23.3 Å². The summed E-state index contributed by atoms with van der Waals surface area (Å²) in [5, 5.41) is 12.5. The lowest BCUT2D eigenvalue weighted by atomic mass is 10.1. The largest absolute Gasteiger partial charge is 0.573 e. The van der Waals surface area contributed by atoms with E-state index in [1.165, 1.54) is 18.3 Å². The number of aliphatic hydroxyl groups excluding tert-OH is 1. The number of aromatic nitrogens is 2. The number of pyridine rings is 2. The van der Waals surface area contributed by atoms with Crippen LogP contribution in [0.25, 0.3) is 11.3 Å². The molecule has 3 heterocycles. The van der Waals surface area contributed by atoms with Gasteiger partial charge in [0.25, 0.3) is 5.91 Å². The van der Waals surface area contributed by atoms with Crippen molar-refractivity contribution < 1.29 is 27.8 Å². The molecule has 0 bridgehead atoms. The minimum absolute atomic E-state index is 0.254. The summed E-state index contributed by atoms with van der Waals surface area (Å²) in [5.41, 5.74) is 1.82. The molecule has 7 nitrogen and oxygen atoms in total. The molecule has 1 atom stereocenters. The average molecular weight is 444 g/mol. The molecular weight excluding hydrogens is 425 g/mol. The number of β-amino-alcohol motifs (C(OH)–C–C–N with tert-alkyl or cyclic N) is 1. The van der Waals surface area contributed by atoms with E-state index >= 15 is 0 Å². The van der Waals surface area contributed by atoms with Crippen LogP contribution in [0.4, 0.5) is 24.7 Å². The number of carbonyl (C=O) groups excluding carboxylic acids is 1. The van der Waals surface area contributed by atoms with E-state index in [-0.39, 0.29) is 11.3 Å². The van der Waals surface area contributed by atoms with Crippen molar-refractivity contribution in [1.29, 1.82) is 0 Å². The molecule has 1 aliphatic heterocycles. The molecule has 1 aromatic carbocycles. The van der Waals surface area contributed by atoms with Crippen LogP contribution < -0.4 is 15.0 Å². The highest BCUT2D eigenvalue weighted by atomic mass is 19.4. The van der Waals surface area contributed by atoms with Crippen molar-refractivity contribution in [2.24, 2.45) is 0 Å². The molecule has 1 aliphatic rings. The van der Waals surface area contributed by atoms with Crippen LogP contribution in [0.5, 0.6) is 5.75 Å². The Morgan fingerprint density at radius 3 is 2.56 bits per heavy atom. The number of carbonyl (C=O) groups is 1. The topological polar surface area (TPSA) is 87.6 Å². The first-order valence-electron chi connectivity index (χ1n) is 9.80. The van der Waals surface area contributed by atoms with E-state index in [9.17, 15) is 23.1 Å². The maximum Gasteiger partial charge on any atom is 0.573 e. The summed E-state index contributed by atoms with van der Waals surface area (Å²) in [4.78, 5) is 23.5. The fraction of sp³-hybridized carbons (Fsp3) is 0.227. The molecule has 1 unspecified atom stereocenters. The molecule has 0 radical (unpaired) electrons. The molecule has 3 aromatic rings. The van der Waals surface area contributed by atoms with Crippen molar-refractivity contribution in [3.8, 4) is 17.0 Å². The van der Waals surface area contributed by atoms with Gasteiger partial charge in [-0.1, -0.05) is 6.07 Å².